The van der Waals surface area contributed by atoms with E-state index in [1.54, 1.807) is 10.9 Å². The molecule has 1 amide bonds. The fourth-order valence-electron chi connectivity index (χ4n) is 2.11. The number of benzene rings is 1. The number of rotatable bonds is 6. The van der Waals surface area contributed by atoms with Crippen LogP contribution in [0.1, 0.15) is 42.7 Å². The predicted octanol–water partition coefficient (Wildman–Crippen LogP) is 1.82. The molecule has 3 N–H and O–H groups in total. The van der Waals surface area contributed by atoms with E-state index >= 15 is 0 Å². The van der Waals surface area contributed by atoms with Gasteiger partial charge >= 0.3 is 0 Å². The van der Waals surface area contributed by atoms with E-state index in [-0.39, 0.29) is 17.1 Å². The van der Waals surface area contributed by atoms with E-state index in [0.717, 1.165) is 24.1 Å². The first-order valence-corrected chi connectivity index (χ1v) is 7.54. The third-order valence-electron chi connectivity index (χ3n) is 4.00. The topological polar surface area (TPSA) is 85.8 Å². The third-order valence-corrected chi connectivity index (χ3v) is 4.00. The third kappa shape index (κ3) is 3.71. The van der Waals surface area contributed by atoms with Crippen molar-refractivity contribution in [1.82, 2.24) is 20.3 Å². The second-order valence-corrected chi connectivity index (χ2v) is 5.64. The molecule has 2 aromatic rings. The van der Waals surface area contributed by atoms with E-state index in [1.807, 2.05) is 45.0 Å². The van der Waals surface area contributed by atoms with E-state index in [0.29, 0.717) is 6.54 Å². The zero-order valence-corrected chi connectivity index (χ0v) is 13.3. The number of amides is 1. The summed E-state index contributed by atoms with van der Waals surface area (Å²) in [6.45, 7) is 6.47. The highest BCUT2D eigenvalue weighted by Crippen LogP contribution is 2.11. The maximum absolute atomic E-state index is 12.2. The number of nitrogens with one attached hydrogen (secondary N) is 1. The van der Waals surface area contributed by atoms with Crippen molar-refractivity contribution in [2.45, 2.75) is 39.2 Å². The lowest BCUT2D eigenvalue weighted by Gasteiger charge is -2.26. The van der Waals surface area contributed by atoms with Crippen molar-refractivity contribution in [3.63, 3.8) is 0 Å². The molecule has 0 saturated carbocycles. The molecule has 0 fully saturated rings. The van der Waals surface area contributed by atoms with Gasteiger partial charge < -0.3 is 11.1 Å². The van der Waals surface area contributed by atoms with Crippen LogP contribution in [0, 0.1) is 6.92 Å². The largest absolute Gasteiger partial charge is 0.349 e. The van der Waals surface area contributed by atoms with Crippen LogP contribution in [0.4, 0.5) is 0 Å². The maximum atomic E-state index is 12.2. The number of hydrogen-bond acceptors (Lipinski definition) is 4. The lowest BCUT2D eigenvalue weighted by molar-refractivity contribution is 0.0937. The lowest BCUT2D eigenvalue weighted by atomic mass is 9.94. The Balaban J connectivity index is 2.06. The molecular weight excluding hydrogens is 278 g/mol. The Morgan fingerprint density at radius 2 is 2.09 bits per heavy atom. The number of nitrogens with two attached hydrogens (primary N) is 1. The van der Waals surface area contributed by atoms with Gasteiger partial charge in [-0.15, -0.1) is 5.10 Å². The van der Waals surface area contributed by atoms with Gasteiger partial charge in [0.25, 0.3) is 5.91 Å². The Morgan fingerprint density at radius 1 is 1.36 bits per heavy atom. The predicted molar refractivity (Wildman–Crippen MR) is 85.9 cm³/mol. The van der Waals surface area contributed by atoms with Crippen molar-refractivity contribution >= 4 is 5.91 Å². The molecule has 0 atom stereocenters. The second kappa shape index (κ2) is 6.70. The molecule has 118 valence electrons. The van der Waals surface area contributed by atoms with Crippen molar-refractivity contribution in [3.8, 4) is 5.69 Å². The normalized spacial score (nSPS) is 11.5. The van der Waals surface area contributed by atoms with E-state index in [1.165, 1.54) is 0 Å². The molecule has 0 spiro atoms. The fraction of sp³-hybridized carbons (Fsp3) is 0.438. The molecule has 2 rings (SSSR count). The number of carbonyl (C=O) groups excluding carboxylic acids is 1. The Hall–Kier alpha value is -2.21. The monoisotopic (exact) mass is 301 g/mol. The van der Waals surface area contributed by atoms with Crippen LogP contribution in [0.3, 0.4) is 0 Å². The average molecular weight is 301 g/mol. The molecule has 6 heteroatoms. The maximum Gasteiger partial charge on any atom is 0.273 e. The molecular formula is C16H23N5O. The Kier molecular flexibility index (Phi) is 4.92. The molecule has 1 aromatic heterocycles. The number of nitrogens with zero attached hydrogens (tertiary/aromatic N) is 3. The van der Waals surface area contributed by atoms with Crippen LogP contribution in [0.25, 0.3) is 5.69 Å². The van der Waals surface area contributed by atoms with Gasteiger partial charge in [0, 0.05) is 12.1 Å². The molecule has 1 aromatic carbocycles. The fourth-order valence-corrected chi connectivity index (χ4v) is 2.11. The summed E-state index contributed by atoms with van der Waals surface area (Å²) in [6.07, 6.45) is 3.24. The molecule has 6 nitrogen and oxygen atoms in total. The highest BCUT2D eigenvalue weighted by molar-refractivity contribution is 5.91. The van der Waals surface area contributed by atoms with Gasteiger partial charge in [0.05, 0.1) is 11.9 Å². The summed E-state index contributed by atoms with van der Waals surface area (Å²) in [7, 11) is 0. The summed E-state index contributed by atoms with van der Waals surface area (Å²) in [5.74, 6) is -0.254. The Labute approximate surface area is 130 Å². The molecule has 1 heterocycles. The van der Waals surface area contributed by atoms with Gasteiger partial charge in [-0.05, 0) is 37.5 Å². The van der Waals surface area contributed by atoms with Crippen molar-refractivity contribution in [2.75, 3.05) is 6.54 Å². The molecule has 0 unspecified atom stereocenters. The van der Waals surface area contributed by atoms with Crippen LogP contribution >= 0.6 is 0 Å². The molecule has 0 saturated heterocycles. The van der Waals surface area contributed by atoms with Crippen molar-refractivity contribution in [1.29, 1.82) is 0 Å². The lowest BCUT2D eigenvalue weighted by Crippen LogP contribution is -2.49. The van der Waals surface area contributed by atoms with Crippen LogP contribution in [0.2, 0.25) is 0 Å². The van der Waals surface area contributed by atoms with Crippen molar-refractivity contribution in [3.05, 3.63) is 41.7 Å². The number of aryl methyl sites for hydroxylation is 1. The quantitative estimate of drug-likeness (QED) is 0.852. The van der Waals surface area contributed by atoms with Crippen LogP contribution in [-0.2, 0) is 0 Å². The Bertz CT molecular complexity index is 645. The van der Waals surface area contributed by atoms with Gasteiger partial charge in [-0.3, -0.25) is 4.79 Å². The van der Waals surface area contributed by atoms with Crippen molar-refractivity contribution in [2.24, 2.45) is 5.73 Å². The summed E-state index contributed by atoms with van der Waals surface area (Å²) in [4.78, 5) is 12.2. The summed E-state index contributed by atoms with van der Waals surface area (Å²) in [5.41, 5.74) is 8.09. The summed E-state index contributed by atoms with van der Waals surface area (Å²) in [6, 6.07) is 7.85. The molecule has 0 aliphatic carbocycles. The zero-order valence-electron chi connectivity index (χ0n) is 13.3. The highest BCUT2D eigenvalue weighted by atomic mass is 16.2. The van der Waals surface area contributed by atoms with Gasteiger partial charge in [0.15, 0.2) is 5.69 Å². The van der Waals surface area contributed by atoms with E-state index < -0.39 is 0 Å². The summed E-state index contributed by atoms with van der Waals surface area (Å²) in [5, 5.41) is 10.8. The van der Waals surface area contributed by atoms with Gasteiger partial charge in [0.2, 0.25) is 0 Å². The van der Waals surface area contributed by atoms with E-state index in [4.69, 9.17) is 5.73 Å². The number of hydrogen-bond donors (Lipinski definition) is 2. The summed E-state index contributed by atoms with van der Waals surface area (Å²) >= 11 is 0. The first-order valence-electron chi connectivity index (χ1n) is 7.54. The van der Waals surface area contributed by atoms with Gasteiger partial charge in [-0.2, -0.15) is 0 Å². The standard InChI is InChI=1S/C16H23N5O/c1-4-16(17,5-2)11-18-15(22)14-10-21(20-19-14)13-8-6-7-12(3)9-13/h6-10H,4-5,11,17H2,1-3H3,(H,18,22). The van der Waals surface area contributed by atoms with E-state index in [2.05, 4.69) is 15.6 Å². The second-order valence-electron chi connectivity index (χ2n) is 5.64. The molecule has 0 aliphatic heterocycles. The van der Waals surface area contributed by atoms with Gasteiger partial charge in [-0.1, -0.05) is 31.2 Å². The number of carbonyl (C=O) groups is 1. The van der Waals surface area contributed by atoms with Crippen LogP contribution in [-0.4, -0.2) is 33.0 Å². The minimum absolute atomic E-state index is 0.254. The highest BCUT2D eigenvalue weighted by Gasteiger charge is 2.22. The van der Waals surface area contributed by atoms with Gasteiger partial charge in [-0.25, -0.2) is 4.68 Å². The minimum atomic E-state index is -0.373. The molecule has 0 aliphatic rings. The summed E-state index contributed by atoms with van der Waals surface area (Å²) < 4.78 is 1.59. The molecule has 0 radical (unpaired) electrons. The van der Waals surface area contributed by atoms with Gasteiger partial charge in [0.1, 0.15) is 0 Å². The minimum Gasteiger partial charge on any atom is -0.349 e. The van der Waals surface area contributed by atoms with Crippen molar-refractivity contribution < 1.29 is 4.79 Å². The van der Waals surface area contributed by atoms with E-state index in [9.17, 15) is 4.79 Å². The van der Waals surface area contributed by atoms with Crippen LogP contribution < -0.4 is 11.1 Å². The smallest absolute Gasteiger partial charge is 0.273 e. The van der Waals surface area contributed by atoms with Crippen LogP contribution in [0.5, 0.6) is 0 Å². The average Bonchev–Trinajstić information content (AvgIpc) is 3.02. The number of aromatic nitrogens is 3. The zero-order chi connectivity index (χ0) is 16.2. The first kappa shape index (κ1) is 16.2. The SMILES string of the molecule is CCC(N)(CC)CNC(=O)c1cn(-c2cccc(C)c2)nn1. The first-order chi connectivity index (χ1) is 10.5. The Morgan fingerprint density at radius 3 is 2.73 bits per heavy atom. The molecule has 22 heavy (non-hydrogen) atoms. The molecule has 0 bridgehead atoms. The van der Waals surface area contributed by atoms with Crippen LogP contribution in [0.15, 0.2) is 30.5 Å².